The van der Waals surface area contributed by atoms with Crippen LogP contribution in [0, 0.1) is 5.41 Å². The number of nitrogens with one attached hydrogen (secondary N) is 2. The Morgan fingerprint density at radius 2 is 1.96 bits per heavy atom. The normalized spacial score (nSPS) is 12.3. The summed E-state index contributed by atoms with van der Waals surface area (Å²) in [5, 5.41) is 11.1. The first-order valence-corrected chi connectivity index (χ1v) is 11.8. The average molecular weight is 462 g/mol. The van der Waals surface area contributed by atoms with Crippen molar-refractivity contribution < 1.29 is 4.74 Å². The molecule has 0 fully saturated rings. The van der Waals surface area contributed by atoms with Gasteiger partial charge in [-0.1, -0.05) is 13.8 Å². The molecule has 5 nitrogen and oxygen atoms in total. The minimum absolute atomic E-state index is 0.346. The second kappa shape index (κ2) is 12.1. The Morgan fingerprint density at radius 1 is 1.33 bits per heavy atom. The molecular formula is C17H28IN4OP. The second-order valence-corrected chi connectivity index (χ2v) is 6.91. The van der Waals surface area contributed by atoms with Crippen LogP contribution in [0.15, 0.2) is 41.2 Å². The first kappa shape index (κ1) is 22.7. The van der Waals surface area contributed by atoms with E-state index in [9.17, 15) is 0 Å². The van der Waals surface area contributed by atoms with Crippen LogP contribution in [0.3, 0.4) is 0 Å². The van der Waals surface area contributed by atoms with Gasteiger partial charge in [0.2, 0.25) is 0 Å². The number of hydrogen-bond donors (Lipinski definition) is 4. The van der Waals surface area contributed by atoms with Crippen molar-refractivity contribution in [2.45, 2.75) is 34.6 Å². The summed E-state index contributed by atoms with van der Waals surface area (Å²) in [5.74, 6) is 0.701. The van der Waals surface area contributed by atoms with Crippen LogP contribution in [0.1, 0.15) is 40.2 Å². The lowest BCUT2D eigenvalue weighted by Crippen LogP contribution is -2.10. The zero-order chi connectivity index (χ0) is 18.7. The Labute approximate surface area is 160 Å². The summed E-state index contributed by atoms with van der Waals surface area (Å²) in [6.45, 7) is 9.83. The van der Waals surface area contributed by atoms with E-state index in [2.05, 4.69) is 27.1 Å². The molecule has 134 valence electrons. The quantitative estimate of drug-likeness (QED) is 0.200. The minimum atomic E-state index is 0.346. The minimum Gasteiger partial charge on any atom is -0.489 e. The van der Waals surface area contributed by atoms with Crippen LogP contribution in [-0.4, -0.2) is 12.3 Å². The van der Waals surface area contributed by atoms with Gasteiger partial charge in [-0.2, -0.15) is 0 Å². The highest BCUT2D eigenvalue weighted by Gasteiger charge is 2.09. The molecule has 1 rings (SSSR count). The van der Waals surface area contributed by atoms with Gasteiger partial charge >= 0.3 is 0 Å². The van der Waals surface area contributed by atoms with Gasteiger partial charge in [-0.25, -0.2) is 0 Å². The summed E-state index contributed by atoms with van der Waals surface area (Å²) in [6.07, 6.45) is 2.07. The monoisotopic (exact) mass is 462 g/mol. The summed E-state index contributed by atoms with van der Waals surface area (Å²) >= 11 is 2.26. The summed E-state index contributed by atoms with van der Waals surface area (Å²) in [6, 6.07) is 5.68. The summed E-state index contributed by atoms with van der Waals surface area (Å²) in [4.78, 5) is 0. The van der Waals surface area contributed by atoms with Crippen molar-refractivity contribution in [1.29, 1.82) is 5.41 Å². The molecule has 0 heterocycles. The van der Waals surface area contributed by atoms with E-state index in [4.69, 9.17) is 21.6 Å². The van der Waals surface area contributed by atoms with E-state index < -0.39 is 0 Å². The van der Waals surface area contributed by atoms with Gasteiger partial charge in [-0.05, 0) is 72.8 Å². The van der Waals surface area contributed by atoms with Crippen molar-refractivity contribution in [2.75, 3.05) is 11.7 Å². The van der Waals surface area contributed by atoms with Crippen LogP contribution in [0.2, 0.25) is 0 Å². The van der Waals surface area contributed by atoms with E-state index in [-0.39, 0.29) is 0 Å². The number of benzene rings is 1. The number of anilines is 1. The fourth-order valence-corrected chi connectivity index (χ4v) is 3.07. The fourth-order valence-electron chi connectivity index (χ4n) is 1.88. The lowest BCUT2D eigenvalue weighted by atomic mass is 10.1. The molecule has 0 aliphatic carbocycles. The van der Waals surface area contributed by atoms with Crippen LogP contribution in [-0.2, 0) is 0 Å². The van der Waals surface area contributed by atoms with Gasteiger partial charge in [0.25, 0.3) is 0 Å². The molecule has 1 aromatic rings. The molecular weight excluding hydrogens is 434 g/mol. The van der Waals surface area contributed by atoms with E-state index in [1.54, 1.807) is 6.92 Å². The van der Waals surface area contributed by atoms with Crippen molar-refractivity contribution in [1.82, 2.24) is 0 Å². The zero-order valence-electron chi connectivity index (χ0n) is 15.0. The number of ether oxygens (including phenoxy) is 1. The highest BCUT2D eigenvalue weighted by Crippen LogP contribution is 2.30. The zero-order valence-corrected chi connectivity index (χ0v) is 18.1. The van der Waals surface area contributed by atoms with Gasteiger partial charge < -0.3 is 26.7 Å². The lowest BCUT2D eigenvalue weighted by molar-refractivity contribution is 0.352. The van der Waals surface area contributed by atoms with Crippen molar-refractivity contribution >= 4 is 39.8 Å². The molecule has 0 aliphatic heterocycles. The molecule has 0 saturated carbocycles. The molecule has 24 heavy (non-hydrogen) atoms. The molecule has 0 bridgehead atoms. The standard InChI is InChI=1S/C15H22IN4OP.C2H6/c1-9(7-17)14(11(3)19)8-21-12-4-5-15(20-22-16)13(6-12)10(2)18;1-2/h4-7,18,20,22H,8,17,19H2,1-3H3;1-2H3/b9-7-,14-11-,18-10?;. The number of halogens is 1. The van der Waals surface area contributed by atoms with E-state index in [0.717, 1.165) is 22.4 Å². The first-order chi connectivity index (χ1) is 11.4. The Kier molecular flexibility index (Phi) is 11.5. The van der Waals surface area contributed by atoms with Crippen molar-refractivity contribution in [3.8, 4) is 5.75 Å². The number of hydrogen-bond acceptors (Lipinski definition) is 5. The van der Waals surface area contributed by atoms with E-state index in [0.29, 0.717) is 30.1 Å². The van der Waals surface area contributed by atoms with Crippen LogP contribution < -0.4 is 21.3 Å². The Bertz CT molecular complexity index is 611. The summed E-state index contributed by atoms with van der Waals surface area (Å²) < 4.78 is 5.82. The van der Waals surface area contributed by atoms with E-state index in [1.807, 2.05) is 45.9 Å². The third-order valence-electron chi connectivity index (χ3n) is 3.16. The molecule has 1 aromatic carbocycles. The SMILES string of the molecule is CC.CC(=N)c1cc(OCC(/C(C)=C\N)=C(\C)N)ccc1NPI. The summed E-state index contributed by atoms with van der Waals surface area (Å²) in [7, 11) is 0. The third kappa shape index (κ3) is 7.09. The van der Waals surface area contributed by atoms with Crippen molar-refractivity contribution in [3.05, 3.63) is 46.8 Å². The molecule has 1 unspecified atom stereocenters. The molecule has 0 aliphatic rings. The van der Waals surface area contributed by atoms with E-state index in [1.165, 1.54) is 6.20 Å². The smallest absolute Gasteiger partial charge is 0.120 e. The Morgan fingerprint density at radius 3 is 2.42 bits per heavy atom. The fraction of sp³-hybridized carbons (Fsp3) is 0.353. The molecule has 0 radical (unpaired) electrons. The maximum Gasteiger partial charge on any atom is 0.120 e. The van der Waals surface area contributed by atoms with Gasteiger partial charge in [0.05, 0.1) is 0 Å². The average Bonchev–Trinajstić information content (AvgIpc) is 2.57. The molecule has 0 amide bonds. The maximum absolute atomic E-state index is 7.88. The van der Waals surface area contributed by atoms with Crippen molar-refractivity contribution in [3.63, 3.8) is 0 Å². The highest BCUT2D eigenvalue weighted by molar-refractivity contribution is 14.2. The summed E-state index contributed by atoms with van der Waals surface area (Å²) in [5.41, 5.74) is 16.2. The van der Waals surface area contributed by atoms with E-state index >= 15 is 0 Å². The predicted molar refractivity (Wildman–Crippen MR) is 117 cm³/mol. The van der Waals surface area contributed by atoms with Gasteiger partial charge in [0.1, 0.15) is 12.4 Å². The van der Waals surface area contributed by atoms with Gasteiger partial charge in [0, 0.05) is 34.6 Å². The molecule has 6 N–H and O–H groups in total. The molecule has 7 heteroatoms. The van der Waals surface area contributed by atoms with Crippen LogP contribution >= 0.6 is 28.4 Å². The lowest BCUT2D eigenvalue weighted by Gasteiger charge is -2.15. The van der Waals surface area contributed by atoms with Crippen LogP contribution in [0.4, 0.5) is 5.69 Å². The Hall–Kier alpha value is -1.27. The van der Waals surface area contributed by atoms with Gasteiger partial charge in [0.15, 0.2) is 0 Å². The van der Waals surface area contributed by atoms with Gasteiger partial charge in [-0.3, -0.25) is 0 Å². The molecule has 1 atom stereocenters. The Balaban J connectivity index is 0.00000254. The highest BCUT2D eigenvalue weighted by atomic mass is 127. The number of allylic oxidation sites excluding steroid dienone is 1. The first-order valence-electron chi connectivity index (χ1n) is 7.68. The predicted octanol–water partition coefficient (Wildman–Crippen LogP) is 4.93. The topological polar surface area (TPSA) is 97.1 Å². The molecule has 0 aromatic heterocycles. The van der Waals surface area contributed by atoms with Crippen LogP contribution in [0.25, 0.3) is 0 Å². The van der Waals surface area contributed by atoms with Crippen molar-refractivity contribution in [2.24, 2.45) is 11.5 Å². The molecule has 0 saturated heterocycles. The van der Waals surface area contributed by atoms with Crippen LogP contribution in [0.5, 0.6) is 5.75 Å². The number of rotatable bonds is 7. The second-order valence-electron chi connectivity index (χ2n) is 4.85. The third-order valence-corrected chi connectivity index (χ3v) is 4.34. The maximum atomic E-state index is 7.88. The van der Waals surface area contributed by atoms with Gasteiger partial charge in [-0.15, -0.1) is 0 Å². The largest absolute Gasteiger partial charge is 0.489 e. The number of nitrogens with two attached hydrogens (primary N) is 2. The molecule has 0 spiro atoms.